The number of rotatable bonds is 4. The fourth-order valence-electron chi connectivity index (χ4n) is 2.77. The quantitative estimate of drug-likeness (QED) is 0.906. The van der Waals surface area contributed by atoms with Gasteiger partial charge in [-0.3, -0.25) is 4.79 Å². The number of carbonyl (C=O) groups is 2. The minimum Gasteiger partial charge on any atom is -0.480 e. The van der Waals surface area contributed by atoms with Crippen LogP contribution in [0.4, 0.5) is 0 Å². The van der Waals surface area contributed by atoms with Crippen LogP contribution in [0.25, 0.3) is 10.8 Å². The highest BCUT2D eigenvalue weighted by molar-refractivity contribution is 5.90. The van der Waals surface area contributed by atoms with Crippen molar-refractivity contribution in [2.24, 2.45) is 0 Å². The van der Waals surface area contributed by atoms with E-state index in [0.717, 1.165) is 22.8 Å². The molecule has 1 aliphatic carbocycles. The predicted octanol–water partition coefficient (Wildman–Crippen LogP) is 2.51. The van der Waals surface area contributed by atoms with E-state index < -0.39 is 11.5 Å². The maximum atomic E-state index is 12.1. The Hall–Kier alpha value is -2.36. The van der Waals surface area contributed by atoms with Gasteiger partial charge >= 0.3 is 5.97 Å². The van der Waals surface area contributed by atoms with E-state index in [4.69, 9.17) is 0 Å². The Labute approximate surface area is 122 Å². The molecule has 0 bridgehead atoms. The van der Waals surface area contributed by atoms with Crippen molar-refractivity contribution >= 4 is 22.6 Å². The summed E-state index contributed by atoms with van der Waals surface area (Å²) in [5.74, 6) is -1.16. The minimum atomic E-state index is -1.03. The van der Waals surface area contributed by atoms with Crippen molar-refractivity contribution in [3.63, 3.8) is 0 Å². The Kier molecular flexibility index (Phi) is 3.37. The molecule has 0 heterocycles. The summed E-state index contributed by atoms with van der Waals surface area (Å²) in [4.78, 5) is 23.3. The van der Waals surface area contributed by atoms with Gasteiger partial charge in [-0.25, -0.2) is 4.79 Å². The summed E-state index contributed by atoms with van der Waals surface area (Å²) in [7, 11) is 0. The van der Waals surface area contributed by atoms with Gasteiger partial charge in [-0.15, -0.1) is 0 Å². The molecule has 1 amide bonds. The Morgan fingerprint density at radius 1 is 1.10 bits per heavy atom. The number of amides is 1. The number of fused-ring (bicyclic) bond motifs is 1. The standard InChI is InChI=1S/C17H17NO3/c19-15(18-17(16(20)21)8-3-9-17)11-12-6-7-13-4-1-2-5-14(13)10-12/h1-2,4-7,10H,3,8-9,11H2,(H,18,19)(H,20,21). The molecule has 3 rings (SSSR count). The Bertz CT molecular complexity index is 704. The summed E-state index contributed by atoms with van der Waals surface area (Å²) in [6.07, 6.45) is 2.10. The lowest BCUT2D eigenvalue weighted by Gasteiger charge is -2.38. The number of carbonyl (C=O) groups excluding carboxylic acids is 1. The first-order chi connectivity index (χ1) is 10.1. The lowest BCUT2D eigenvalue weighted by Crippen LogP contribution is -2.59. The van der Waals surface area contributed by atoms with Gasteiger partial charge in [-0.2, -0.15) is 0 Å². The zero-order valence-corrected chi connectivity index (χ0v) is 11.6. The topological polar surface area (TPSA) is 66.4 Å². The number of carboxylic acids is 1. The van der Waals surface area contributed by atoms with Gasteiger partial charge in [-0.1, -0.05) is 42.5 Å². The summed E-state index contributed by atoms with van der Waals surface area (Å²) in [6.45, 7) is 0. The minimum absolute atomic E-state index is 0.208. The fourth-order valence-corrected chi connectivity index (χ4v) is 2.77. The van der Waals surface area contributed by atoms with E-state index in [0.29, 0.717) is 12.8 Å². The van der Waals surface area contributed by atoms with Gasteiger partial charge in [0.25, 0.3) is 0 Å². The third-order valence-electron chi connectivity index (χ3n) is 4.17. The van der Waals surface area contributed by atoms with Gasteiger partial charge in [0.1, 0.15) is 5.54 Å². The van der Waals surface area contributed by atoms with Crippen LogP contribution in [0.1, 0.15) is 24.8 Å². The van der Waals surface area contributed by atoms with E-state index in [1.807, 2.05) is 42.5 Å². The van der Waals surface area contributed by atoms with E-state index in [1.165, 1.54) is 0 Å². The molecule has 108 valence electrons. The van der Waals surface area contributed by atoms with Crippen LogP contribution in [0.15, 0.2) is 42.5 Å². The van der Waals surface area contributed by atoms with Crippen LogP contribution in [0.3, 0.4) is 0 Å². The van der Waals surface area contributed by atoms with Crippen molar-refractivity contribution in [1.29, 1.82) is 0 Å². The highest BCUT2D eigenvalue weighted by atomic mass is 16.4. The maximum absolute atomic E-state index is 12.1. The van der Waals surface area contributed by atoms with Crippen LogP contribution in [-0.2, 0) is 16.0 Å². The molecule has 0 unspecified atom stereocenters. The fraction of sp³-hybridized carbons (Fsp3) is 0.294. The highest BCUT2D eigenvalue weighted by Crippen LogP contribution is 2.32. The number of carboxylic acid groups (broad SMARTS) is 1. The van der Waals surface area contributed by atoms with E-state index in [1.54, 1.807) is 0 Å². The number of hydrogen-bond acceptors (Lipinski definition) is 2. The first-order valence-corrected chi connectivity index (χ1v) is 7.11. The second-order valence-electron chi connectivity index (χ2n) is 5.65. The van der Waals surface area contributed by atoms with Crippen LogP contribution >= 0.6 is 0 Å². The van der Waals surface area contributed by atoms with Gasteiger partial charge in [0.2, 0.25) is 5.91 Å². The molecule has 2 N–H and O–H groups in total. The van der Waals surface area contributed by atoms with Gasteiger partial charge in [0.15, 0.2) is 0 Å². The van der Waals surface area contributed by atoms with Crippen LogP contribution in [-0.4, -0.2) is 22.5 Å². The summed E-state index contributed by atoms with van der Waals surface area (Å²) >= 11 is 0. The van der Waals surface area contributed by atoms with Crippen molar-refractivity contribution in [2.75, 3.05) is 0 Å². The number of nitrogens with one attached hydrogen (secondary N) is 1. The van der Waals surface area contributed by atoms with Crippen molar-refractivity contribution < 1.29 is 14.7 Å². The average molecular weight is 283 g/mol. The first-order valence-electron chi connectivity index (χ1n) is 7.11. The maximum Gasteiger partial charge on any atom is 0.329 e. The molecule has 1 saturated carbocycles. The Morgan fingerprint density at radius 3 is 2.43 bits per heavy atom. The first kappa shape index (κ1) is 13.6. The molecule has 2 aromatic rings. The molecule has 2 aromatic carbocycles. The summed E-state index contributed by atoms with van der Waals surface area (Å²) in [5, 5.41) is 14.1. The normalized spacial score (nSPS) is 16.2. The highest BCUT2D eigenvalue weighted by Gasteiger charge is 2.45. The summed E-state index contributed by atoms with van der Waals surface area (Å²) in [6, 6.07) is 13.8. The van der Waals surface area contributed by atoms with Crippen LogP contribution < -0.4 is 5.32 Å². The zero-order valence-electron chi connectivity index (χ0n) is 11.6. The summed E-state index contributed by atoms with van der Waals surface area (Å²) in [5.41, 5.74) is -0.139. The average Bonchev–Trinajstić information content (AvgIpc) is 2.42. The molecule has 1 aliphatic rings. The second-order valence-corrected chi connectivity index (χ2v) is 5.65. The molecule has 1 fully saturated rings. The molecule has 4 nitrogen and oxygen atoms in total. The summed E-state index contributed by atoms with van der Waals surface area (Å²) < 4.78 is 0. The van der Waals surface area contributed by atoms with Crippen LogP contribution in [0, 0.1) is 0 Å². The molecule has 0 aliphatic heterocycles. The van der Waals surface area contributed by atoms with Crippen molar-refractivity contribution in [1.82, 2.24) is 5.32 Å². The zero-order chi connectivity index (χ0) is 14.9. The molecular weight excluding hydrogens is 266 g/mol. The lowest BCUT2D eigenvalue weighted by atomic mass is 9.76. The molecular formula is C17H17NO3. The number of hydrogen-bond donors (Lipinski definition) is 2. The van der Waals surface area contributed by atoms with E-state index in [9.17, 15) is 14.7 Å². The SMILES string of the molecule is O=C(Cc1ccc2ccccc2c1)NC1(C(=O)O)CCC1. The predicted molar refractivity (Wildman–Crippen MR) is 80.0 cm³/mol. The molecule has 0 atom stereocenters. The monoisotopic (exact) mass is 283 g/mol. The third kappa shape index (κ3) is 2.61. The Morgan fingerprint density at radius 2 is 1.81 bits per heavy atom. The molecule has 0 aromatic heterocycles. The third-order valence-corrected chi connectivity index (χ3v) is 4.17. The Balaban J connectivity index is 1.72. The van der Waals surface area contributed by atoms with Crippen LogP contribution in [0.2, 0.25) is 0 Å². The smallest absolute Gasteiger partial charge is 0.329 e. The van der Waals surface area contributed by atoms with E-state index in [-0.39, 0.29) is 12.3 Å². The molecule has 0 saturated heterocycles. The molecule has 21 heavy (non-hydrogen) atoms. The van der Waals surface area contributed by atoms with Gasteiger partial charge in [0, 0.05) is 0 Å². The molecule has 4 heteroatoms. The van der Waals surface area contributed by atoms with Gasteiger partial charge in [-0.05, 0) is 35.6 Å². The number of benzene rings is 2. The van der Waals surface area contributed by atoms with Crippen molar-refractivity contribution in [3.8, 4) is 0 Å². The van der Waals surface area contributed by atoms with Crippen molar-refractivity contribution in [3.05, 3.63) is 48.0 Å². The van der Waals surface area contributed by atoms with E-state index >= 15 is 0 Å². The largest absolute Gasteiger partial charge is 0.480 e. The lowest BCUT2D eigenvalue weighted by molar-refractivity contribution is -0.151. The second kappa shape index (κ2) is 5.20. The van der Waals surface area contributed by atoms with Crippen molar-refractivity contribution in [2.45, 2.75) is 31.2 Å². The molecule has 0 radical (unpaired) electrons. The van der Waals surface area contributed by atoms with Gasteiger partial charge < -0.3 is 10.4 Å². The number of aliphatic carboxylic acids is 1. The van der Waals surface area contributed by atoms with Gasteiger partial charge in [0.05, 0.1) is 6.42 Å². The molecule has 0 spiro atoms. The van der Waals surface area contributed by atoms with E-state index in [2.05, 4.69) is 5.32 Å². The van der Waals surface area contributed by atoms with Crippen LogP contribution in [0.5, 0.6) is 0 Å².